The fourth-order valence-corrected chi connectivity index (χ4v) is 4.58. The van der Waals surface area contributed by atoms with Gasteiger partial charge in [-0.05, 0) is 81.5 Å². The van der Waals surface area contributed by atoms with Gasteiger partial charge in [0, 0.05) is 11.0 Å². The van der Waals surface area contributed by atoms with E-state index in [1.54, 1.807) is 0 Å². The molecule has 3 aliphatic rings. The minimum Gasteiger partial charge on any atom is -0.494 e. The lowest BCUT2D eigenvalue weighted by Crippen LogP contribution is -2.40. The van der Waals surface area contributed by atoms with Crippen molar-refractivity contribution >= 4 is 0 Å². The van der Waals surface area contributed by atoms with E-state index in [-0.39, 0.29) is 0 Å². The van der Waals surface area contributed by atoms with E-state index < -0.39 is 0 Å². The van der Waals surface area contributed by atoms with Gasteiger partial charge in [0.05, 0.1) is 6.61 Å². The lowest BCUT2D eigenvalue weighted by molar-refractivity contribution is 0.0186. The Morgan fingerprint density at radius 3 is 2.17 bits per heavy atom. The second-order valence-corrected chi connectivity index (χ2v) is 7.94. The van der Waals surface area contributed by atoms with Crippen LogP contribution >= 0.6 is 0 Å². The Hall–Kier alpha value is -1.42. The van der Waals surface area contributed by atoms with Crippen LogP contribution in [0.15, 0.2) is 24.3 Å². The van der Waals surface area contributed by atoms with Crippen LogP contribution in [-0.2, 0) is 0 Å². The summed E-state index contributed by atoms with van der Waals surface area (Å²) in [5.74, 6) is 8.08. The number of rotatable bonds is 6. The molecule has 0 aromatic heterocycles. The van der Waals surface area contributed by atoms with Crippen LogP contribution < -0.4 is 4.74 Å². The number of benzene rings is 1. The molecule has 0 N–H and O–H groups in total. The predicted molar refractivity (Wildman–Crippen MR) is 101 cm³/mol. The van der Waals surface area contributed by atoms with E-state index >= 15 is 0 Å². The quantitative estimate of drug-likeness (QED) is 0.437. The molecule has 0 spiro atoms. The van der Waals surface area contributed by atoms with Crippen LogP contribution in [0.3, 0.4) is 0 Å². The van der Waals surface area contributed by atoms with Crippen molar-refractivity contribution < 1.29 is 4.74 Å². The van der Waals surface area contributed by atoms with Crippen molar-refractivity contribution in [3.8, 4) is 17.6 Å². The molecule has 0 atom stereocenters. The molecule has 2 bridgehead atoms. The van der Waals surface area contributed by atoms with Gasteiger partial charge in [-0.25, -0.2) is 0 Å². The van der Waals surface area contributed by atoms with Crippen molar-refractivity contribution in [2.24, 2.45) is 10.8 Å². The van der Waals surface area contributed by atoms with Crippen molar-refractivity contribution in [2.45, 2.75) is 78.1 Å². The first-order chi connectivity index (χ1) is 11.7. The van der Waals surface area contributed by atoms with Crippen molar-refractivity contribution in [3.63, 3.8) is 0 Å². The topological polar surface area (TPSA) is 9.23 Å². The molecule has 0 heterocycles. The first kappa shape index (κ1) is 17.4. The minimum atomic E-state index is 0.311. The van der Waals surface area contributed by atoms with Gasteiger partial charge in [-0.1, -0.05) is 38.0 Å². The summed E-state index contributed by atoms with van der Waals surface area (Å²) in [7, 11) is 0. The van der Waals surface area contributed by atoms with Crippen LogP contribution in [0, 0.1) is 22.7 Å². The smallest absolute Gasteiger partial charge is 0.119 e. The highest BCUT2D eigenvalue weighted by Gasteiger charge is 2.47. The van der Waals surface area contributed by atoms with Gasteiger partial charge in [0.2, 0.25) is 0 Å². The summed E-state index contributed by atoms with van der Waals surface area (Å²) >= 11 is 0. The molecule has 0 amide bonds. The third kappa shape index (κ3) is 3.97. The molecular formula is C23H32O. The summed E-state index contributed by atoms with van der Waals surface area (Å²) in [6.07, 6.45) is 13.8. The summed E-state index contributed by atoms with van der Waals surface area (Å²) < 4.78 is 5.51. The summed E-state index contributed by atoms with van der Waals surface area (Å²) in [5, 5.41) is 0. The van der Waals surface area contributed by atoms with Crippen molar-refractivity contribution in [1.29, 1.82) is 0 Å². The maximum atomic E-state index is 5.51. The van der Waals surface area contributed by atoms with Crippen molar-refractivity contribution in [2.75, 3.05) is 6.61 Å². The average Bonchev–Trinajstić information content (AvgIpc) is 2.63. The molecule has 1 nitrogen and oxygen atoms in total. The molecule has 3 fully saturated rings. The Balaban J connectivity index is 1.60. The normalized spacial score (nSPS) is 28.2. The molecule has 0 saturated heterocycles. The zero-order valence-corrected chi connectivity index (χ0v) is 15.5. The maximum Gasteiger partial charge on any atom is 0.119 e. The molecule has 4 rings (SSSR count). The van der Waals surface area contributed by atoms with Crippen LogP contribution in [-0.4, -0.2) is 6.61 Å². The Labute approximate surface area is 148 Å². The summed E-state index contributed by atoms with van der Waals surface area (Å²) in [4.78, 5) is 0. The average molecular weight is 325 g/mol. The molecule has 0 unspecified atom stereocenters. The highest BCUT2D eigenvalue weighted by atomic mass is 16.5. The third-order valence-corrected chi connectivity index (χ3v) is 6.35. The number of hydrogen-bond donors (Lipinski definition) is 0. The first-order valence-corrected chi connectivity index (χ1v) is 9.95. The third-order valence-electron chi connectivity index (χ3n) is 6.35. The second-order valence-electron chi connectivity index (χ2n) is 7.94. The number of ether oxygens (including phenoxy) is 1. The molecule has 3 saturated carbocycles. The maximum absolute atomic E-state index is 5.51. The summed E-state index contributed by atoms with van der Waals surface area (Å²) in [6.45, 7) is 5.04. The zero-order chi connectivity index (χ0) is 16.9. The summed E-state index contributed by atoms with van der Waals surface area (Å²) in [5.41, 5.74) is 2.11. The first-order valence-electron chi connectivity index (χ1n) is 9.95. The van der Waals surface area contributed by atoms with E-state index in [1.807, 2.05) is 19.1 Å². The fourth-order valence-electron chi connectivity index (χ4n) is 4.58. The van der Waals surface area contributed by atoms with Gasteiger partial charge in [-0.3, -0.25) is 0 Å². The molecule has 0 aliphatic heterocycles. The molecular weight excluding hydrogens is 292 g/mol. The predicted octanol–water partition coefficient (Wildman–Crippen LogP) is 6.36. The van der Waals surface area contributed by atoms with Gasteiger partial charge >= 0.3 is 0 Å². The number of fused-ring (bicyclic) bond motifs is 3. The van der Waals surface area contributed by atoms with Crippen LogP contribution in [0.2, 0.25) is 0 Å². The number of hydrogen-bond acceptors (Lipinski definition) is 1. The minimum absolute atomic E-state index is 0.311. The van der Waals surface area contributed by atoms with Gasteiger partial charge in [0.25, 0.3) is 0 Å². The molecule has 1 heteroatoms. The van der Waals surface area contributed by atoms with Crippen LogP contribution in [0.1, 0.15) is 83.6 Å². The van der Waals surface area contributed by atoms with Gasteiger partial charge < -0.3 is 4.74 Å². The molecule has 24 heavy (non-hydrogen) atoms. The van der Waals surface area contributed by atoms with Crippen LogP contribution in [0.5, 0.6) is 5.75 Å². The number of unbranched alkanes of at least 4 members (excludes halogenated alkanes) is 2. The van der Waals surface area contributed by atoms with Gasteiger partial charge in [0.1, 0.15) is 5.75 Å². The Morgan fingerprint density at radius 1 is 0.917 bits per heavy atom. The Morgan fingerprint density at radius 2 is 1.58 bits per heavy atom. The fraction of sp³-hybridized carbons (Fsp3) is 0.652. The van der Waals surface area contributed by atoms with E-state index in [9.17, 15) is 0 Å². The van der Waals surface area contributed by atoms with Gasteiger partial charge in [-0.2, -0.15) is 0 Å². The van der Waals surface area contributed by atoms with E-state index in [4.69, 9.17) is 4.74 Å². The van der Waals surface area contributed by atoms with Crippen molar-refractivity contribution in [1.82, 2.24) is 0 Å². The molecule has 0 radical (unpaired) electrons. The van der Waals surface area contributed by atoms with E-state index in [1.165, 1.54) is 64.2 Å². The standard InChI is InChI=1S/C23H32O/c1-3-5-6-12-22-14-17-23(18-15-22,19-16-22)13-11-20-7-9-21(10-8-20)24-4-2/h7-10H,3-6,12,14-19H2,1-2H3. The monoisotopic (exact) mass is 324 g/mol. The van der Waals surface area contributed by atoms with Crippen LogP contribution in [0.25, 0.3) is 0 Å². The van der Waals surface area contributed by atoms with E-state index in [0.29, 0.717) is 17.4 Å². The Kier molecular flexibility index (Phi) is 5.54. The second kappa shape index (κ2) is 7.64. The lowest BCUT2D eigenvalue weighted by atomic mass is 9.53. The SMILES string of the molecule is CCCCCC12CCC(C#Cc3ccc(OCC)cc3)(CC1)CC2. The molecule has 130 valence electrons. The van der Waals surface area contributed by atoms with Gasteiger partial charge in [-0.15, -0.1) is 0 Å². The van der Waals surface area contributed by atoms with E-state index in [2.05, 4.69) is 30.9 Å². The highest BCUT2D eigenvalue weighted by molar-refractivity contribution is 5.39. The van der Waals surface area contributed by atoms with E-state index in [0.717, 1.165) is 11.3 Å². The molecule has 1 aromatic rings. The zero-order valence-electron chi connectivity index (χ0n) is 15.5. The largest absolute Gasteiger partial charge is 0.494 e. The van der Waals surface area contributed by atoms with Crippen LogP contribution in [0.4, 0.5) is 0 Å². The van der Waals surface area contributed by atoms with Gasteiger partial charge in [0.15, 0.2) is 0 Å². The molecule has 3 aliphatic carbocycles. The highest BCUT2D eigenvalue weighted by Crippen LogP contribution is 2.58. The summed E-state index contributed by atoms with van der Waals surface area (Å²) in [6, 6.07) is 8.25. The lowest BCUT2D eigenvalue weighted by Gasteiger charge is -2.51. The molecule has 1 aromatic carbocycles. The van der Waals surface area contributed by atoms with Crippen molar-refractivity contribution in [3.05, 3.63) is 29.8 Å². The Bertz CT molecular complexity index is 562.